The van der Waals surface area contributed by atoms with Gasteiger partial charge in [-0.3, -0.25) is 5.32 Å². The molecule has 2 aromatic rings. The molecule has 0 bridgehead atoms. The van der Waals surface area contributed by atoms with E-state index in [1.54, 1.807) is 17.2 Å². The summed E-state index contributed by atoms with van der Waals surface area (Å²) in [5.41, 5.74) is 1.34. The summed E-state index contributed by atoms with van der Waals surface area (Å²) in [6, 6.07) is 1.34. The van der Waals surface area contributed by atoms with Crippen molar-refractivity contribution < 1.29 is 14.3 Å². The van der Waals surface area contributed by atoms with Crippen LogP contribution in [0.1, 0.15) is 12.8 Å². The minimum Gasteiger partial charge on any atom is -0.453 e. The summed E-state index contributed by atoms with van der Waals surface area (Å²) in [6.45, 7) is 1.01. The molecule has 23 heavy (non-hydrogen) atoms. The van der Waals surface area contributed by atoms with Gasteiger partial charge in [0.05, 0.1) is 19.3 Å². The lowest BCUT2D eigenvalue weighted by Crippen LogP contribution is -2.44. The van der Waals surface area contributed by atoms with Gasteiger partial charge in [-0.1, -0.05) is 0 Å². The van der Waals surface area contributed by atoms with Crippen molar-refractivity contribution in [2.75, 3.05) is 25.5 Å². The molecule has 0 spiro atoms. The van der Waals surface area contributed by atoms with Gasteiger partial charge >= 0.3 is 12.1 Å². The minimum absolute atomic E-state index is 0.0496. The van der Waals surface area contributed by atoms with E-state index in [-0.39, 0.29) is 18.2 Å². The maximum absolute atomic E-state index is 12.0. The van der Waals surface area contributed by atoms with Gasteiger partial charge in [-0.25, -0.2) is 19.6 Å². The molecule has 3 heterocycles. The number of amides is 3. The Balaban J connectivity index is 1.54. The molecule has 1 saturated heterocycles. The number of hydrogen-bond donors (Lipinski definition) is 3. The molecular formula is C14H18N6O3. The fraction of sp³-hybridized carbons (Fsp3) is 0.429. The number of anilines is 1. The second-order valence-corrected chi connectivity index (χ2v) is 5.26. The molecule has 122 valence electrons. The first-order valence-corrected chi connectivity index (χ1v) is 7.37. The van der Waals surface area contributed by atoms with Gasteiger partial charge in [0.25, 0.3) is 0 Å². The second kappa shape index (κ2) is 6.51. The number of H-pyrrole nitrogens is 1. The number of methoxy groups -OCH3 is 1. The van der Waals surface area contributed by atoms with Crippen molar-refractivity contribution in [2.45, 2.75) is 18.9 Å². The standard InChI is InChI=1S/C14H18N6O3/c1-23-14(22)20-6-2-3-9(20)7-17-13(21)19-11-8-16-12-10(18-11)4-5-15-12/h4-5,8-9H,2-3,6-7H2,1H3,(H,15,16)(H2,17,18,19,21). The molecule has 0 saturated carbocycles. The van der Waals surface area contributed by atoms with Crippen molar-refractivity contribution in [1.29, 1.82) is 0 Å². The quantitative estimate of drug-likeness (QED) is 0.790. The zero-order valence-corrected chi connectivity index (χ0v) is 12.7. The van der Waals surface area contributed by atoms with Crippen molar-refractivity contribution >= 4 is 29.1 Å². The Labute approximate surface area is 132 Å². The summed E-state index contributed by atoms with van der Waals surface area (Å²) in [5, 5.41) is 5.38. The van der Waals surface area contributed by atoms with Gasteiger partial charge in [0.1, 0.15) is 5.52 Å². The van der Waals surface area contributed by atoms with Crippen molar-refractivity contribution in [3.05, 3.63) is 18.5 Å². The SMILES string of the molecule is COC(=O)N1CCCC1CNC(=O)Nc1cnc2[nH]ccc2n1. The highest BCUT2D eigenvalue weighted by Gasteiger charge is 2.29. The average Bonchev–Trinajstić information content (AvgIpc) is 3.20. The molecule has 9 heteroatoms. The van der Waals surface area contributed by atoms with E-state index < -0.39 is 0 Å². The molecule has 9 nitrogen and oxygen atoms in total. The number of urea groups is 1. The number of nitrogens with one attached hydrogen (secondary N) is 3. The Kier molecular flexibility index (Phi) is 4.26. The lowest BCUT2D eigenvalue weighted by atomic mass is 10.2. The van der Waals surface area contributed by atoms with Crippen molar-refractivity contribution in [3.63, 3.8) is 0 Å². The third kappa shape index (κ3) is 3.33. The van der Waals surface area contributed by atoms with Gasteiger partial charge < -0.3 is 19.9 Å². The highest BCUT2D eigenvalue weighted by molar-refractivity contribution is 5.89. The van der Waals surface area contributed by atoms with E-state index in [1.807, 2.05) is 0 Å². The third-order valence-corrected chi connectivity index (χ3v) is 3.79. The van der Waals surface area contributed by atoms with Crippen molar-refractivity contribution in [1.82, 2.24) is 25.2 Å². The zero-order valence-electron chi connectivity index (χ0n) is 12.7. The van der Waals surface area contributed by atoms with Crippen LogP contribution in [0.4, 0.5) is 15.4 Å². The van der Waals surface area contributed by atoms with Crippen molar-refractivity contribution in [3.8, 4) is 0 Å². The second-order valence-electron chi connectivity index (χ2n) is 5.26. The Morgan fingerprint density at radius 3 is 3.22 bits per heavy atom. The first-order valence-electron chi connectivity index (χ1n) is 7.37. The lowest BCUT2D eigenvalue weighted by molar-refractivity contribution is 0.119. The van der Waals surface area contributed by atoms with E-state index in [2.05, 4.69) is 25.6 Å². The number of fused-ring (bicyclic) bond motifs is 1. The Morgan fingerprint density at radius 1 is 1.52 bits per heavy atom. The smallest absolute Gasteiger partial charge is 0.409 e. The summed E-state index contributed by atoms with van der Waals surface area (Å²) >= 11 is 0. The van der Waals surface area contributed by atoms with Crippen molar-refractivity contribution in [2.24, 2.45) is 0 Å². The monoisotopic (exact) mass is 318 g/mol. The molecule has 1 aliphatic heterocycles. The van der Waals surface area contributed by atoms with Crippen LogP contribution in [0.3, 0.4) is 0 Å². The number of likely N-dealkylation sites (tertiary alicyclic amines) is 1. The lowest BCUT2D eigenvalue weighted by Gasteiger charge is -2.23. The van der Waals surface area contributed by atoms with Gasteiger partial charge in [-0.05, 0) is 18.9 Å². The van der Waals surface area contributed by atoms with Crippen LogP contribution in [0.25, 0.3) is 11.2 Å². The largest absolute Gasteiger partial charge is 0.453 e. The fourth-order valence-corrected chi connectivity index (χ4v) is 2.67. The molecule has 0 radical (unpaired) electrons. The van der Waals surface area contributed by atoms with Crippen LogP contribution in [0.15, 0.2) is 18.5 Å². The van der Waals surface area contributed by atoms with Crippen LogP contribution in [-0.4, -0.2) is 58.2 Å². The van der Waals surface area contributed by atoms with Crippen LogP contribution in [0.5, 0.6) is 0 Å². The molecule has 3 amide bonds. The summed E-state index contributed by atoms with van der Waals surface area (Å²) in [6.07, 6.45) is 4.59. The molecule has 1 unspecified atom stereocenters. The number of carbonyl (C=O) groups is 2. The van der Waals surface area contributed by atoms with Gasteiger partial charge in [0.15, 0.2) is 11.5 Å². The predicted molar refractivity (Wildman–Crippen MR) is 83.0 cm³/mol. The predicted octanol–water partition coefficient (Wildman–Crippen LogP) is 1.31. The van der Waals surface area contributed by atoms with E-state index in [4.69, 9.17) is 4.74 Å². The molecule has 3 N–H and O–H groups in total. The first-order chi connectivity index (χ1) is 11.2. The summed E-state index contributed by atoms with van der Waals surface area (Å²) in [7, 11) is 1.35. The molecule has 3 rings (SSSR count). The first kappa shape index (κ1) is 15.1. The van der Waals surface area contributed by atoms with Crippen LogP contribution in [-0.2, 0) is 4.74 Å². The van der Waals surface area contributed by atoms with Gasteiger partial charge in [-0.15, -0.1) is 0 Å². The van der Waals surface area contributed by atoms with E-state index >= 15 is 0 Å². The molecule has 0 aromatic carbocycles. The van der Waals surface area contributed by atoms with Gasteiger partial charge in [0, 0.05) is 19.3 Å². The highest BCUT2D eigenvalue weighted by atomic mass is 16.5. The summed E-state index contributed by atoms with van der Waals surface area (Å²) < 4.78 is 4.74. The molecule has 0 aliphatic carbocycles. The Bertz CT molecular complexity index is 715. The number of nitrogens with zero attached hydrogens (tertiary/aromatic N) is 3. The van der Waals surface area contributed by atoms with Gasteiger partial charge in [0.2, 0.25) is 0 Å². The van der Waals surface area contributed by atoms with Gasteiger partial charge in [-0.2, -0.15) is 0 Å². The highest BCUT2D eigenvalue weighted by Crippen LogP contribution is 2.17. The summed E-state index contributed by atoms with van der Waals surface area (Å²) in [4.78, 5) is 36.5. The third-order valence-electron chi connectivity index (χ3n) is 3.79. The Morgan fingerprint density at radius 2 is 2.39 bits per heavy atom. The Hall–Kier alpha value is -2.84. The van der Waals surface area contributed by atoms with Crippen LogP contribution in [0, 0.1) is 0 Å². The van der Waals surface area contributed by atoms with Crippen LogP contribution < -0.4 is 10.6 Å². The zero-order chi connectivity index (χ0) is 16.2. The van der Waals surface area contributed by atoms with Crippen LogP contribution in [0.2, 0.25) is 0 Å². The number of ether oxygens (including phenoxy) is 1. The number of aromatic nitrogens is 3. The molecule has 1 fully saturated rings. The maximum Gasteiger partial charge on any atom is 0.409 e. The molecule has 2 aromatic heterocycles. The number of rotatable bonds is 3. The van der Waals surface area contributed by atoms with Crippen LogP contribution >= 0.6 is 0 Å². The van der Waals surface area contributed by atoms with E-state index in [1.165, 1.54) is 13.3 Å². The van der Waals surface area contributed by atoms with E-state index in [0.717, 1.165) is 12.8 Å². The number of hydrogen-bond acceptors (Lipinski definition) is 5. The number of aromatic amines is 1. The van der Waals surface area contributed by atoms with E-state index in [9.17, 15) is 9.59 Å². The molecule has 1 atom stereocenters. The molecule has 1 aliphatic rings. The normalized spacial score (nSPS) is 17.3. The fourth-order valence-electron chi connectivity index (χ4n) is 2.67. The maximum atomic E-state index is 12.0. The minimum atomic E-state index is -0.383. The topological polar surface area (TPSA) is 112 Å². The van der Waals surface area contributed by atoms with E-state index in [0.29, 0.717) is 30.1 Å². The molecular weight excluding hydrogens is 300 g/mol. The average molecular weight is 318 g/mol. The summed E-state index contributed by atoms with van der Waals surface area (Å²) in [5.74, 6) is 0.367. The number of carbonyl (C=O) groups excluding carboxylic acids is 2.